The van der Waals surface area contributed by atoms with Gasteiger partial charge in [-0.15, -0.1) is 0 Å². The second kappa shape index (κ2) is 9.21. The Morgan fingerprint density at radius 1 is 1.02 bits per heavy atom. The van der Waals surface area contributed by atoms with E-state index in [1.165, 1.54) is 17.0 Å². The predicted molar refractivity (Wildman–Crippen MR) is 141 cm³/mol. The molecule has 204 valence electrons. The average molecular weight is 545 g/mol. The van der Waals surface area contributed by atoms with Crippen LogP contribution in [0.5, 0.6) is 0 Å². The van der Waals surface area contributed by atoms with Crippen LogP contribution in [-0.2, 0) is 38.0 Å². The number of pyridine rings is 1. The van der Waals surface area contributed by atoms with Gasteiger partial charge in [-0.05, 0) is 34.9 Å². The van der Waals surface area contributed by atoms with E-state index in [1.54, 1.807) is 36.5 Å². The Morgan fingerprint density at radius 2 is 1.82 bits per heavy atom. The summed E-state index contributed by atoms with van der Waals surface area (Å²) in [5.41, 5.74) is 2.90. The molecule has 2 aromatic heterocycles. The predicted octanol–water partition coefficient (Wildman–Crippen LogP) is 3.89. The van der Waals surface area contributed by atoms with Crippen LogP contribution in [0.25, 0.3) is 22.2 Å². The molecule has 1 spiro atoms. The second-order valence-electron chi connectivity index (χ2n) is 10.5. The van der Waals surface area contributed by atoms with Crippen LogP contribution >= 0.6 is 0 Å². The lowest BCUT2D eigenvalue weighted by Gasteiger charge is -2.24. The first-order chi connectivity index (χ1) is 19.3. The van der Waals surface area contributed by atoms with Gasteiger partial charge >= 0.3 is 0 Å². The van der Waals surface area contributed by atoms with Crippen molar-refractivity contribution in [2.45, 2.75) is 37.1 Å². The number of benzene rings is 2. The maximum Gasteiger partial charge on any atom is 0.299 e. The fraction of sp³-hybridized carbons (Fsp3) is 0.300. The molecule has 0 bridgehead atoms. The number of hydrogen-bond donors (Lipinski definition) is 2. The van der Waals surface area contributed by atoms with E-state index in [-0.39, 0.29) is 48.9 Å². The van der Waals surface area contributed by atoms with E-state index < -0.39 is 17.8 Å². The lowest BCUT2D eigenvalue weighted by atomic mass is 10.0. The molecule has 3 aliphatic rings. The minimum absolute atomic E-state index is 0.0343. The van der Waals surface area contributed by atoms with E-state index in [0.717, 1.165) is 16.7 Å². The number of H-pyrrole nitrogens is 1. The van der Waals surface area contributed by atoms with E-state index in [2.05, 4.69) is 15.3 Å². The molecule has 2 fully saturated rings. The Morgan fingerprint density at radius 3 is 2.65 bits per heavy atom. The normalized spacial score (nSPS) is 20.1. The lowest BCUT2D eigenvalue weighted by Crippen LogP contribution is -2.46. The fourth-order valence-corrected chi connectivity index (χ4v) is 6.06. The van der Waals surface area contributed by atoms with Crippen molar-refractivity contribution in [3.63, 3.8) is 0 Å². The summed E-state index contributed by atoms with van der Waals surface area (Å²) in [6, 6.07) is 15.9. The quantitative estimate of drug-likeness (QED) is 0.398. The van der Waals surface area contributed by atoms with Gasteiger partial charge in [-0.2, -0.15) is 8.78 Å². The number of carbonyl (C=O) groups is 2. The number of ether oxygens (including phenoxy) is 2. The topological polar surface area (TPSA) is 96.6 Å². The van der Waals surface area contributed by atoms with Gasteiger partial charge in [0.15, 0.2) is 5.79 Å². The number of aromatic nitrogens is 2. The molecule has 1 aliphatic carbocycles. The maximum absolute atomic E-state index is 15.0. The molecule has 10 heteroatoms. The molecule has 2 saturated heterocycles. The number of aromatic amines is 1. The minimum Gasteiger partial charge on any atom is -0.349 e. The monoisotopic (exact) mass is 544 g/mol. The van der Waals surface area contributed by atoms with Crippen LogP contribution in [0, 0.1) is 0 Å². The van der Waals surface area contributed by atoms with Crippen molar-refractivity contribution in [1.29, 1.82) is 0 Å². The maximum atomic E-state index is 15.0. The van der Waals surface area contributed by atoms with E-state index >= 15 is 0 Å². The molecule has 2 amide bonds. The Bertz CT molecular complexity index is 1610. The van der Waals surface area contributed by atoms with Crippen molar-refractivity contribution >= 4 is 22.8 Å². The zero-order chi connectivity index (χ0) is 27.5. The largest absolute Gasteiger partial charge is 0.349 e. The van der Waals surface area contributed by atoms with Crippen LogP contribution in [0.15, 0.2) is 66.9 Å². The molecular formula is C30H26F2N4O4. The van der Waals surface area contributed by atoms with Crippen molar-refractivity contribution < 1.29 is 27.8 Å². The third-order valence-corrected chi connectivity index (χ3v) is 7.96. The second-order valence-corrected chi connectivity index (χ2v) is 10.5. The van der Waals surface area contributed by atoms with Gasteiger partial charge in [-0.25, -0.2) is 4.98 Å². The molecule has 2 aromatic carbocycles. The molecule has 40 heavy (non-hydrogen) atoms. The highest BCUT2D eigenvalue weighted by Gasteiger charge is 2.52. The fourth-order valence-electron chi connectivity index (χ4n) is 6.06. The molecule has 8 nitrogen and oxygen atoms in total. The number of likely N-dealkylation sites (tertiary alicyclic amines) is 1. The number of alkyl halides is 2. The summed E-state index contributed by atoms with van der Waals surface area (Å²) in [7, 11) is 0. The molecule has 1 atom stereocenters. The lowest BCUT2D eigenvalue weighted by molar-refractivity contribution is -0.152. The first kappa shape index (κ1) is 24.9. The summed E-state index contributed by atoms with van der Waals surface area (Å²) < 4.78 is 41.7. The number of nitrogens with zero attached hydrogens (tertiary/aromatic N) is 2. The van der Waals surface area contributed by atoms with Gasteiger partial charge in [0, 0.05) is 34.8 Å². The molecule has 2 aliphatic heterocycles. The van der Waals surface area contributed by atoms with Crippen molar-refractivity contribution in [3.8, 4) is 11.1 Å². The molecule has 2 N–H and O–H groups in total. The van der Waals surface area contributed by atoms with Gasteiger partial charge in [0.2, 0.25) is 11.8 Å². The third-order valence-electron chi connectivity index (χ3n) is 7.96. The first-order valence-electron chi connectivity index (χ1n) is 13.2. The van der Waals surface area contributed by atoms with Crippen LogP contribution in [0.2, 0.25) is 0 Å². The number of rotatable bonds is 5. The molecule has 7 rings (SSSR count). The summed E-state index contributed by atoms with van der Waals surface area (Å²) >= 11 is 0. The third kappa shape index (κ3) is 4.06. The van der Waals surface area contributed by atoms with Crippen molar-refractivity contribution in [3.05, 3.63) is 89.2 Å². The standard InChI is InChI=1S/C30H26F2N4O4/c31-30(32)23-6-2-1-5-21(23)22-12-18(7-8-24(22)30)13-26(37)36-17-29(39-10-11-40-29)15-25(36)28(38)34-16-20-14-19-4-3-9-33-27(19)35-20/h1-9,12,14,25H,10-11,13,15-17H2,(H,33,35)(H,34,38). The van der Waals surface area contributed by atoms with Crippen molar-refractivity contribution in [2.75, 3.05) is 19.8 Å². The van der Waals surface area contributed by atoms with Crippen LogP contribution in [0.1, 0.15) is 28.8 Å². The highest BCUT2D eigenvalue weighted by atomic mass is 19.3. The zero-order valence-electron chi connectivity index (χ0n) is 21.5. The first-order valence-corrected chi connectivity index (χ1v) is 13.2. The smallest absolute Gasteiger partial charge is 0.299 e. The molecule has 0 saturated carbocycles. The van der Waals surface area contributed by atoms with E-state index in [0.29, 0.717) is 29.9 Å². The molecular weight excluding hydrogens is 518 g/mol. The number of amides is 2. The van der Waals surface area contributed by atoms with Gasteiger partial charge in [0.05, 0.1) is 32.7 Å². The number of hydrogen-bond acceptors (Lipinski definition) is 5. The number of nitrogens with one attached hydrogen (secondary N) is 2. The summed E-state index contributed by atoms with van der Waals surface area (Å²) in [5, 5.41) is 3.86. The molecule has 0 radical (unpaired) electrons. The van der Waals surface area contributed by atoms with Gasteiger partial charge in [0.1, 0.15) is 11.7 Å². The zero-order valence-corrected chi connectivity index (χ0v) is 21.5. The number of carbonyl (C=O) groups excluding carboxylic acids is 2. The number of halogens is 2. The van der Waals surface area contributed by atoms with Crippen LogP contribution in [0.4, 0.5) is 8.78 Å². The molecule has 1 unspecified atom stereocenters. The van der Waals surface area contributed by atoms with Gasteiger partial charge in [0.25, 0.3) is 5.92 Å². The van der Waals surface area contributed by atoms with E-state index in [9.17, 15) is 18.4 Å². The Kier molecular flexibility index (Phi) is 5.72. The van der Waals surface area contributed by atoms with Crippen LogP contribution in [0.3, 0.4) is 0 Å². The summed E-state index contributed by atoms with van der Waals surface area (Å²) in [5.74, 6) is -4.74. The summed E-state index contributed by atoms with van der Waals surface area (Å²) in [6.45, 7) is 1.13. The number of fused-ring (bicyclic) bond motifs is 4. The van der Waals surface area contributed by atoms with Crippen molar-refractivity contribution in [1.82, 2.24) is 20.2 Å². The Labute approximate surface area is 228 Å². The Hall–Kier alpha value is -4.15. The summed E-state index contributed by atoms with van der Waals surface area (Å²) in [4.78, 5) is 35.9. The highest BCUT2D eigenvalue weighted by Crippen LogP contribution is 2.51. The average Bonchev–Trinajstić information content (AvgIpc) is 3.73. The van der Waals surface area contributed by atoms with Gasteiger partial charge in [-0.1, -0.05) is 42.5 Å². The molecule has 4 heterocycles. The highest BCUT2D eigenvalue weighted by molar-refractivity contribution is 5.90. The van der Waals surface area contributed by atoms with Gasteiger partial charge in [-0.3, -0.25) is 9.59 Å². The Balaban J connectivity index is 1.11. The van der Waals surface area contributed by atoms with E-state index in [4.69, 9.17) is 9.47 Å². The molecule has 4 aromatic rings. The van der Waals surface area contributed by atoms with Gasteiger partial charge < -0.3 is 24.7 Å². The van der Waals surface area contributed by atoms with Crippen LogP contribution < -0.4 is 5.32 Å². The minimum atomic E-state index is -3.09. The van der Waals surface area contributed by atoms with E-state index in [1.807, 2.05) is 18.2 Å². The van der Waals surface area contributed by atoms with Crippen molar-refractivity contribution in [2.24, 2.45) is 0 Å². The van der Waals surface area contributed by atoms with Crippen LogP contribution in [-0.4, -0.2) is 58.3 Å². The summed E-state index contributed by atoms with van der Waals surface area (Å²) in [6.07, 6.45) is 1.85. The SMILES string of the molecule is O=C(NCc1cc2cccnc2[nH]1)C1CC2(CN1C(=O)Cc1ccc3c(c1)-c1ccccc1C3(F)F)OCCO2.